The van der Waals surface area contributed by atoms with Crippen molar-refractivity contribution in [2.45, 2.75) is 18.9 Å². The summed E-state index contributed by atoms with van der Waals surface area (Å²) < 4.78 is 15.0. The predicted molar refractivity (Wildman–Crippen MR) is 97.5 cm³/mol. The van der Waals surface area contributed by atoms with Crippen LogP contribution in [0.5, 0.6) is 5.75 Å². The highest BCUT2D eigenvalue weighted by Gasteiger charge is 2.21. The zero-order valence-electron chi connectivity index (χ0n) is 14.8. The fourth-order valence-electron chi connectivity index (χ4n) is 3.44. The SMILES string of the molecule is CN1CCC(Nc2nnc(-c3ccc(F)cc3O)c3cnn(C)c23)CC1. The fraction of sp³-hybridized carbons (Fsp3) is 0.389. The average molecular weight is 356 g/mol. The molecule has 1 fully saturated rings. The Kier molecular flexibility index (Phi) is 4.20. The Morgan fingerprint density at radius 3 is 2.69 bits per heavy atom. The van der Waals surface area contributed by atoms with Gasteiger partial charge in [-0.2, -0.15) is 5.10 Å². The molecule has 3 aromatic rings. The number of aryl methyl sites for hydroxylation is 1. The third-order valence-electron chi connectivity index (χ3n) is 4.94. The molecule has 136 valence electrons. The third-order valence-corrected chi connectivity index (χ3v) is 4.94. The van der Waals surface area contributed by atoms with Crippen LogP contribution in [0.4, 0.5) is 10.2 Å². The first-order valence-corrected chi connectivity index (χ1v) is 8.65. The maximum atomic E-state index is 13.3. The summed E-state index contributed by atoms with van der Waals surface area (Å²) in [7, 11) is 3.97. The van der Waals surface area contributed by atoms with Gasteiger partial charge in [-0.3, -0.25) is 4.68 Å². The van der Waals surface area contributed by atoms with Crippen molar-refractivity contribution in [2.75, 3.05) is 25.5 Å². The highest BCUT2D eigenvalue weighted by atomic mass is 19.1. The standard InChI is InChI=1S/C18H21FN6O/c1-24-7-5-12(6-8-24)21-18-17-14(10-20-25(17)2)16(22-23-18)13-4-3-11(19)9-15(13)26/h3-4,9-10,12,26H,5-8H2,1-2H3,(H,21,23). The summed E-state index contributed by atoms with van der Waals surface area (Å²) in [4.78, 5) is 2.31. The highest BCUT2D eigenvalue weighted by molar-refractivity contribution is 5.98. The molecule has 1 aliphatic heterocycles. The number of hydrogen-bond donors (Lipinski definition) is 2. The van der Waals surface area contributed by atoms with E-state index in [1.165, 1.54) is 12.1 Å². The molecule has 0 saturated carbocycles. The summed E-state index contributed by atoms with van der Waals surface area (Å²) in [5, 5.41) is 27.3. The molecule has 1 aliphatic rings. The molecule has 0 unspecified atom stereocenters. The number of aromatic hydroxyl groups is 1. The van der Waals surface area contributed by atoms with Crippen LogP contribution in [-0.4, -0.2) is 56.2 Å². The van der Waals surface area contributed by atoms with Crippen molar-refractivity contribution in [1.82, 2.24) is 24.9 Å². The fourth-order valence-corrected chi connectivity index (χ4v) is 3.44. The van der Waals surface area contributed by atoms with Crippen molar-refractivity contribution in [3.8, 4) is 17.0 Å². The van der Waals surface area contributed by atoms with E-state index in [2.05, 4.69) is 32.6 Å². The van der Waals surface area contributed by atoms with E-state index in [1.807, 2.05) is 7.05 Å². The molecular weight excluding hydrogens is 335 g/mol. The van der Waals surface area contributed by atoms with Crippen LogP contribution in [0.2, 0.25) is 0 Å². The summed E-state index contributed by atoms with van der Waals surface area (Å²) in [6, 6.07) is 4.21. The molecule has 8 heteroatoms. The van der Waals surface area contributed by atoms with Gasteiger partial charge in [0.05, 0.1) is 11.6 Å². The van der Waals surface area contributed by atoms with E-state index in [4.69, 9.17) is 0 Å². The van der Waals surface area contributed by atoms with Crippen LogP contribution in [0.1, 0.15) is 12.8 Å². The molecule has 0 radical (unpaired) electrons. The van der Waals surface area contributed by atoms with Crippen molar-refractivity contribution in [2.24, 2.45) is 7.05 Å². The van der Waals surface area contributed by atoms with Crippen LogP contribution in [0.25, 0.3) is 22.2 Å². The largest absolute Gasteiger partial charge is 0.507 e. The van der Waals surface area contributed by atoms with E-state index >= 15 is 0 Å². The highest BCUT2D eigenvalue weighted by Crippen LogP contribution is 2.35. The number of hydrogen-bond acceptors (Lipinski definition) is 6. The second kappa shape index (κ2) is 6.53. The Morgan fingerprint density at radius 2 is 1.96 bits per heavy atom. The number of anilines is 1. The number of likely N-dealkylation sites (tertiary alicyclic amines) is 1. The van der Waals surface area contributed by atoms with Crippen LogP contribution in [0.15, 0.2) is 24.4 Å². The number of nitrogens with one attached hydrogen (secondary N) is 1. The smallest absolute Gasteiger partial charge is 0.175 e. The molecule has 0 atom stereocenters. The van der Waals surface area contributed by atoms with E-state index in [0.29, 0.717) is 23.1 Å². The predicted octanol–water partition coefficient (Wildman–Crippen LogP) is 2.38. The minimum absolute atomic E-state index is 0.166. The lowest BCUT2D eigenvalue weighted by Crippen LogP contribution is -2.37. The minimum Gasteiger partial charge on any atom is -0.507 e. The lowest BCUT2D eigenvalue weighted by Gasteiger charge is -2.29. The first-order valence-electron chi connectivity index (χ1n) is 8.65. The molecule has 1 saturated heterocycles. The van der Waals surface area contributed by atoms with Gasteiger partial charge in [-0.25, -0.2) is 4.39 Å². The quantitative estimate of drug-likeness (QED) is 0.750. The summed E-state index contributed by atoms with van der Waals surface area (Å²) in [5.41, 5.74) is 1.74. The van der Waals surface area contributed by atoms with Crippen LogP contribution >= 0.6 is 0 Å². The van der Waals surface area contributed by atoms with Gasteiger partial charge in [-0.05, 0) is 45.1 Å². The molecule has 26 heavy (non-hydrogen) atoms. The van der Waals surface area contributed by atoms with Gasteiger partial charge in [-0.1, -0.05) is 0 Å². The second-order valence-electron chi connectivity index (χ2n) is 6.81. The molecule has 0 amide bonds. The summed E-state index contributed by atoms with van der Waals surface area (Å²) in [6.45, 7) is 2.09. The van der Waals surface area contributed by atoms with Gasteiger partial charge in [-0.15, -0.1) is 10.2 Å². The molecule has 3 heterocycles. The van der Waals surface area contributed by atoms with Crippen molar-refractivity contribution in [3.05, 3.63) is 30.2 Å². The summed E-state index contributed by atoms with van der Waals surface area (Å²) >= 11 is 0. The van der Waals surface area contributed by atoms with Gasteiger partial charge >= 0.3 is 0 Å². The number of phenols is 1. The molecule has 2 N–H and O–H groups in total. The van der Waals surface area contributed by atoms with Gasteiger partial charge in [0.15, 0.2) is 5.82 Å². The van der Waals surface area contributed by atoms with Crippen molar-refractivity contribution in [3.63, 3.8) is 0 Å². The average Bonchev–Trinajstić information content (AvgIpc) is 3.00. The Morgan fingerprint density at radius 1 is 1.19 bits per heavy atom. The molecular formula is C18H21FN6O. The number of benzene rings is 1. The zero-order chi connectivity index (χ0) is 18.3. The third kappa shape index (κ3) is 2.96. The van der Waals surface area contributed by atoms with Crippen LogP contribution < -0.4 is 5.32 Å². The van der Waals surface area contributed by atoms with Gasteiger partial charge < -0.3 is 15.3 Å². The van der Waals surface area contributed by atoms with Crippen molar-refractivity contribution in [1.29, 1.82) is 0 Å². The van der Waals surface area contributed by atoms with E-state index in [1.54, 1.807) is 10.9 Å². The molecule has 2 aromatic heterocycles. The Labute approximate surface area is 150 Å². The lowest BCUT2D eigenvalue weighted by molar-refractivity contribution is 0.263. The van der Waals surface area contributed by atoms with Crippen LogP contribution in [0.3, 0.4) is 0 Å². The number of phenolic OH excluding ortho intramolecular Hbond substituents is 1. The van der Waals surface area contributed by atoms with Crippen LogP contribution in [-0.2, 0) is 7.05 Å². The number of nitrogens with zero attached hydrogens (tertiary/aromatic N) is 5. The van der Waals surface area contributed by atoms with Crippen LogP contribution in [0, 0.1) is 5.82 Å². The minimum atomic E-state index is -0.498. The normalized spacial score (nSPS) is 16.3. The molecule has 0 bridgehead atoms. The van der Waals surface area contributed by atoms with Gasteiger partial charge in [0.25, 0.3) is 0 Å². The summed E-state index contributed by atoms with van der Waals surface area (Å²) in [6.07, 6.45) is 3.78. The Hall–Kier alpha value is -2.74. The number of halogens is 1. The summed E-state index contributed by atoms with van der Waals surface area (Å²) in [5.74, 6) is 0.0163. The number of piperidine rings is 1. The van der Waals surface area contributed by atoms with Crippen molar-refractivity contribution < 1.29 is 9.50 Å². The maximum absolute atomic E-state index is 13.3. The number of fused-ring (bicyclic) bond motifs is 1. The Balaban J connectivity index is 1.74. The second-order valence-corrected chi connectivity index (χ2v) is 6.81. The molecule has 0 aliphatic carbocycles. The number of rotatable bonds is 3. The first-order chi connectivity index (χ1) is 12.5. The van der Waals surface area contributed by atoms with E-state index in [0.717, 1.165) is 42.9 Å². The topological polar surface area (TPSA) is 79.1 Å². The van der Waals surface area contributed by atoms with Crippen molar-refractivity contribution >= 4 is 16.7 Å². The van der Waals surface area contributed by atoms with Gasteiger partial charge in [0.1, 0.15) is 22.8 Å². The lowest BCUT2D eigenvalue weighted by atomic mass is 10.0. The molecule has 4 rings (SSSR count). The molecule has 1 aromatic carbocycles. The number of aromatic nitrogens is 4. The molecule has 0 spiro atoms. The van der Waals surface area contributed by atoms with E-state index in [9.17, 15) is 9.50 Å². The van der Waals surface area contributed by atoms with Gasteiger partial charge in [0, 0.05) is 24.7 Å². The zero-order valence-corrected chi connectivity index (χ0v) is 14.8. The van der Waals surface area contributed by atoms with Gasteiger partial charge in [0.2, 0.25) is 0 Å². The van der Waals surface area contributed by atoms with E-state index < -0.39 is 5.82 Å². The maximum Gasteiger partial charge on any atom is 0.175 e. The van der Waals surface area contributed by atoms with E-state index in [-0.39, 0.29) is 5.75 Å². The monoisotopic (exact) mass is 356 g/mol. The first kappa shape index (κ1) is 16.7. The molecule has 7 nitrogen and oxygen atoms in total. The Bertz CT molecular complexity index is 948.